The topological polar surface area (TPSA) is 114 Å². The first kappa shape index (κ1) is 34.5. The van der Waals surface area contributed by atoms with E-state index in [1.165, 1.54) is 12.1 Å². The molecule has 4 heterocycles. The number of nitrogens with one attached hydrogen (secondary N) is 2. The van der Waals surface area contributed by atoms with Crippen molar-refractivity contribution in [3.05, 3.63) is 65.6 Å². The van der Waals surface area contributed by atoms with Crippen LogP contribution in [0.5, 0.6) is 17.2 Å². The second-order valence-electron chi connectivity index (χ2n) is 13.2. The normalized spacial score (nSPS) is 18.1. The molecule has 1 atom stereocenters. The fourth-order valence-corrected chi connectivity index (χ4v) is 6.37. The number of rotatable bonds is 13. The summed E-state index contributed by atoms with van der Waals surface area (Å²) in [7, 11) is 4.10. The van der Waals surface area contributed by atoms with Crippen molar-refractivity contribution in [3.8, 4) is 17.2 Å². The van der Waals surface area contributed by atoms with Crippen LogP contribution in [0.2, 0.25) is 0 Å². The van der Waals surface area contributed by atoms with Crippen LogP contribution in [0.4, 0.5) is 10.2 Å². The minimum atomic E-state index is -0.266. The number of carbonyl (C=O) groups excluding carboxylic acids is 1. The lowest BCUT2D eigenvalue weighted by molar-refractivity contribution is -0.109. The Bertz CT molecular complexity index is 1480. The standard InChI is InChI=1S/C31H39FN6O3.C4H9NO/c1-4-21-13-22(32)5-6-26(21)41-28-16-33-20-36-30(28)38-18-31(19-38)14-23(15-31)40-27-8-10-34-24-7-9-35-25(29(24)27)17-39-12-11-37(2)3;1-4(2)5-3-6/h5-6,8,10,13,16,20,23,25,35H,4,7,9,11-12,14-15,17-19H2,1-3H3;3-4H,1-2H3,(H,5,6). The number of nitrogens with zero attached hydrogens (tertiary/aromatic N) is 5. The summed E-state index contributed by atoms with van der Waals surface area (Å²) in [5.74, 6) is 2.65. The Morgan fingerprint density at radius 3 is 2.68 bits per heavy atom. The van der Waals surface area contributed by atoms with E-state index in [1.54, 1.807) is 18.6 Å². The quantitative estimate of drug-likeness (QED) is 0.205. The van der Waals surface area contributed by atoms with Gasteiger partial charge in [0.15, 0.2) is 11.6 Å². The molecular formula is C35H48FN7O4. The van der Waals surface area contributed by atoms with Crippen LogP contribution in [0, 0.1) is 11.2 Å². The van der Waals surface area contributed by atoms with E-state index >= 15 is 0 Å². The van der Waals surface area contributed by atoms with E-state index in [9.17, 15) is 9.18 Å². The fourth-order valence-electron chi connectivity index (χ4n) is 6.37. The third-order valence-corrected chi connectivity index (χ3v) is 8.75. The van der Waals surface area contributed by atoms with Crippen LogP contribution in [0.1, 0.15) is 56.5 Å². The molecule has 2 aromatic heterocycles. The van der Waals surface area contributed by atoms with Crippen LogP contribution in [-0.4, -0.2) is 91.9 Å². The largest absolute Gasteiger partial charge is 0.490 e. The third-order valence-electron chi connectivity index (χ3n) is 8.75. The number of halogens is 1. The van der Waals surface area contributed by atoms with Crippen molar-refractivity contribution in [2.45, 2.75) is 64.6 Å². The molecule has 1 aliphatic carbocycles. The van der Waals surface area contributed by atoms with Gasteiger partial charge in [-0.3, -0.25) is 9.78 Å². The molecule has 1 unspecified atom stereocenters. The zero-order valence-electron chi connectivity index (χ0n) is 28.2. The first-order valence-electron chi connectivity index (χ1n) is 16.5. The van der Waals surface area contributed by atoms with E-state index in [2.05, 4.69) is 49.5 Å². The molecule has 1 saturated heterocycles. The number of anilines is 1. The molecule has 2 N–H and O–H groups in total. The average Bonchev–Trinajstić information content (AvgIpc) is 3.01. The predicted octanol–water partition coefficient (Wildman–Crippen LogP) is 4.32. The first-order chi connectivity index (χ1) is 22.7. The van der Waals surface area contributed by atoms with Crippen molar-refractivity contribution < 1.29 is 23.4 Å². The molecule has 1 aromatic carbocycles. The Balaban J connectivity index is 0.000000662. The summed E-state index contributed by atoms with van der Waals surface area (Å²) < 4.78 is 32.5. The van der Waals surface area contributed by atoms with E-state index in [0.29, 0.717) is 37.5 Å². The van der Waals surface area contributed by atoms with Gasteiger partial charge in [0, 0.05) is 55.8 Å². The zero-order valence-corrected chi connectivity index (χ0v) is 28.2. The zero-order chi connectivity index (χ0) is 33.4. The molecule has 3 aromatic rings. The molecule has 11 nitrogen and oxygen atoms in total. The van der Waals surface area contributed by atoms with Crippen LogP contribution in [-0.2, 0) is 22.4 Å². The number of benzene rings is 1. The van der Waals surface area contributed by atoms with E-state index in [1.807, 2.05) is 33.0 Å². The lowest BCUT2D eigenvalue weighted by atomic mass is 9.61. The lowest BCUT2D eigenvalue weighted by Crippen LogP contribution is -2.65. The molecule has 2 aliphatic heterocycles. The second-order valence-corrected chi connectivity index (χ2v) is 13.2. The van der Waals surface area contributed by atoms with Gasteiger partial charge in [0.2, 0.25) is 6.41 Å². The molecule has 254 valence electrons. The summed E-state index contributed by atoms with van der Waals surface area (Å²) in [4.78, 5) is 27.2. The van der Waals surface area contributed by atoms with Crippen molar-refractivity contribution in [2.75, 3.05) is 58.4 Å². The summed E-state index contributed by atoms with van der Waals surface area (Å²) in [5.41, 5.74) is 3.29. The number of hydrogen-bond acceptors (Lipinski definition) is 10. The van der Waals surface area contributed by atoms with Crippen LogP contribution < -0.4 is 25.0 Å². The number of aromatic nitrogens is 3. The minimum Gasteiger partial charge on any atom is -0.490 e. The predicted molar refractivity (Wildman–Crippen MR) is 179 cm³/mol. The number of fused-ring (bicyclic) bond motifs is 1. The number of amides is 1. The highest BCUT2D eigenvalue weighted by atomic mass is 19.1. The highest BCUT2D eigenvalue weighted by Gasteiger charge is 2.54. The second kappa shape index (κ2) is 15.8. The summed E-state index contributed by atoms with van der Waals surface area (Å²) in [6.07, 6.45) is 9.53. The molecule has 2 fully saturated rings. The van der Waals surface area contributed by atoms with Gasteiger partial charge in [-0.1, -0.05) is 6.92 Å². The monoisotopic (exact) mass is 649 g/mol. The van der Waals surface area contributed by atoms with Crippen molar-refractivity contribution in [1.29, 1.82) is 0 Å². The smallest absolute Gasteiger partial charge is 0.207 e. The molecule has 1 spiro atoms. The van der Waals surface area contributed by atoms with Gasteiger partial charge in [-0.2, -0.15) is 0 Å². The molecule has 0 radical (unpaired) electrons. The van der Waals surface area contributed by atoms with Gasteiger partial charge in [-0.05, 0) is 77.0 Å². The maximum atomic E-state index is 13.7. The maximum absolute atomic E-state index is 13.7. The third kappa shape index (κ3) is 8.74. The highest BCUT2D eigenvalue weighted by Crippen LogP contribution is 2.52. The minimum absolute atomic E-state index is 0.0864. The van der Waals surface area contributed by atoms with Crippen LogP contribution in [0.15, 0.2) is 43.0 Å². The highest BCUT2D eigenvalue weighted by molar-refractivity contribution is 5.56. The van der Waals surface area contributed by atoms with Crippen molar-refractivity contribution in [1.82, 2.24) is 30.5 Å². The van der Waals surface area contributed by atoms with Gasteiger partial charge < -0.3 is 34.6 Å². The van der Waals surface area contributed by atoms with Gasteiger partial charge in [0.05, 0.1) is 31.1 Å². The molecule has 47 heavy (non-hydrogen) atoms. The van der Waals surface area contributed by atoms with E-state index < -0.39 is 0 Å². The molecule has 6 rings (SSSR count). The van der Waals surface area contributed by atoms with Gasteiger partial charge in [-0.25, -0.2) is 14.4 Å². The molecular weight excluding hydrogens is 601 g/mol. The molecule has 12 heteroatoms. The SMILES string of the molecule is CC(C)NC=O.CCc1cc(F)ccc1Oc1cncnc1N1CC2(CC(Oc3ccnc4c3C(COCCN(C)C)NCC4)C2)C1. The number of pyridine rings is 1. The summed E-state index contributed by atoms with van der Waals surface area (Å²) in [5, 5.41) is 6.13. The van der Waals surface area contributed by atoms with Crippen LogP contribution in [0.3, 0.4) is 0 Å². The summed E-state index contributed by atoms with van der Waals surface area (Å²) in [6, 6.07) is 6.97. The van der Waals surface area contributed by atoms with Gasteiger partial charge in [-0.15, -0.1) is 0 Å². The molecule has 1 amide bonds. The molecule has 1 saturated carbocycles. The van der Waals surface area contributed by atoms with Gasteiger partial charge >= 0.3 is 0 Å². The van der Waals surface area contributed by atoms with Gasteiger partial charge in [0.1, 0.15) is 29.7 Å². The summed E-state index contributed by atoms with van der Waals surface area (Å²) in [6.45, 7) is 10.7. The Labute approximate surface area is 277 Å². The number of ether oxygens (including phenoxy) is 3. The lowest BCUT2D eigenvalue weighted by Gasteiger charge is -2.59. The number of hydrogen-bond donors (Lipinski definition) is 2. The Kier molecular flexibility index (Phi) is 11.6. The van der Waals surface area contributed by atoms with Crippen LogP contribution in [0.25, 0.3) is 0 Å². The van der Waals surface area contributed by atoms with E-state index in [0.717, 1.165) is 73.8 Å². The number of aryl methyl sites for hydroxylation is 1. The van der Waals surface area contributed by atoms with Gasteiger partial charge in [0.25, 0.3) is 0 Å². The Hall–Kier alpha value is -3.87. The Morgan fingerprint density at radius 1 is 1.17 bits per heavy atom. The van der Waals surface area contributed by atoms with Crippen molar-refractivity contribution in [2.24, 2.45) is 5.41 Å². The van der Waals surface area contributed by atoms with Crippen molar-refractivity contribution in [3.63, 3.8) is 0 Å². The van der Waals surface area contributed by atoms with Crippen molar-refractivity contribution >= 4 is 12.2 Å². The average molecular weight is 650 g/mol. The summed E-state index contributed by atoms with van der Waals surface area (Å²) >= 11 is 0. The molecule has 3 aliphatic rings. The number of likely N-dealkylation sites (N-methyl/N-ethyl adjacent to an activating group) is 1. The Morgan fingerprint density at radius 2 is 1.98 bits per heavy atom. The van der Waals surface area contributed by atoms with Crippen LogP contribution >= 0.6 is 0 Å². The maximum Gasteiger partial charge on any atom is 0.207 e. The van der Waals surface area contributed by atoms with E-state index in [4.69, 9.17) is 14.2 Å². The molecule has 0 bridgehead atoms. The number of carbonyl (C=O) groups is 1. The fraction of sp³-hybridized carbons (Fsp3) is 0.543. The van der Waals surface area contributed by atoms with E-state index in [-0.39, 0.29) is 29.4 Å². The first-order valence-corrected chi connectivity index (χ1v) is 16.5.